The second-order valence-electron chi connectivity index (χ2n) is 5.86. The zero-order valence-corrected chi connectivity index (χ0v) is 14.7. The van der Waals surface area contributed by atoms with Gasteiger partial charge in [-0.05, 0) is 39.2 Å². The van der Waals surface area contributed by atoms with Crippen molar-refractivity contribution in [2.45, 2.75) is 45.8 Å². The number of hydrogen-bond acceptors (Lipinski definition) is 6. The van der Waals surface area contributed by atoms with Crippen molar-refractivity contribution in [1.29, 1.82) is 0 Å². The predicted molar refractivity (Wildman–Crippen MR) is 89.7 cm³/mol. The van der Waals surface area contributed by atoms with Gasteiger partial charge in [0.1, 0.15) is 0 Å². The van der Waals surface area contributed by atoms with E-state index in [0.717, 1.165) is 0 Å². The summed E-state index contributed by atoms with van der Waals surface area (Å²) < 4.78 is 24.0. The quantitative estimate of drug-likeness (QED) is 0.346. The molecular weight excluding hydrogens is 333 g/mol. The van der Waals surface area contributed by atoms with Crippen molar-refractivity contribution in [2.75, 3.05) is 0 Å². The Bertz CT molecular complexity index is 713. The number of Topliss-reactive ketones (excluding diaryl/α,β-unsaturated/α-hetero) is 1. The maximum atomic E-state index is 13.0. The van der Waals surface area contributed by atoms with Crippen LogP contribution in [0, 0.1) is 10.1 Å². The number of allylic oxidation sites excluding steroid dienone is 1. The summed E-state index contributed by atoms with van der Waals surface area (Å²) in [4.78, 5) is 22.4. The summed E-state index contributed by atoms with van der Waals surface area (Å²) in [7, 11) is -3.64. The van der Waals surface area contributed by atoms with E-state index in [1.807, 2.05) is 0 Å². The van der Waals surface area contributed by atoms with Gasteiger partial charge in [-0.25, -0.2) is 0 Å². The Balaban J connectivity index is 2.48. The van der Waals surface area contributed by atoms with Gasteiger partial charge in [0.15, 0.2) is 5.78 Å². The topological polar surface area (TPSA) is 95.7 Å². The first kappa shape index (κ1) is 18.5. The largest absolute Gasteiger partial charge is 0.355 e. The first-order valence-electron chi connectivity index (χ1n) is 7.65. The molecule has 7 nitrogen and oxygen atoms in total. The molecule has 0 aromatic heterocycles. The maximum absolute atomic E-state index is 13.0. The molecule has 0 radical (unpaired) electrons. The lowest BCUT2D eigenvalue weighted by molar-refractivity contribution is -0.384. The monoisotopic (exact) mass is 353 g/mol. The molecule has 1 saturated heterocycles. The minimum absolute atomic E-state index is 0.0864. The standard InChI is InChI=1S/C16H20NO6P/c1-11-7-8-12(2)23-24(21,22-11)10-16(13(3)18)14-5-4-6-15(9-14)17(19)20/h4-6,9-12H,7-8H2,1-3H3. The van der Waals surface area contributed by atoms with Crippen LogP contribution in [-0.4, -0.2) is 22.9 Å². The summed E-state index contributed by atoms with van der Waals surface area (Å²) in [5, 5.41) is 10.9. The third-order valence-corrected chi connectivity index (χ3v) is 5.55. The molecule has 1 fully saturated rings. The van der Waals surface area contributed by atoms with Crippen LogP contribution in [0.15, 0.2) is 30.1 Å². The van der Waals surface area contributed by atoms with Crippen LogP contribution in [0.3, 0.4) is 0 Å². The van der Waals surface area contributed by atoms with E-state index >= 15 is 0 Å². The average Bonchev–Trinajstić information content (AvgIpc) is 2.62. The predicted octanol–water partition coefficient (Wildman–Crippen LogP) is 4.32. The lowest BCUT2D eigenvalue weighted by Crippen LogP contribution is -2.04. The van der Waals surface area contributed by atoms with Gasteiger partial charge in [-0.15, -0.1) is 0 Å². The van der Waals surface area contributed by atoms with Crippen LogP contribution in [0.25, 0.3) is 5.57 Å². The van der Waals surface area contributed by atoms with Crippen LogP contribution in [0.1, 0.15) is 39.2 Å². The molecule has 2 rings (SSSR count). The number of rotatable bonds is 4. The molecule has 0 spiro atoms. The van der Waals surface area contributed by atoms with Crippen molar-refractivity contribution in [1.82, 2.24) is 0 Å². The summed E-state index contributed by atoms with van der Waals surface area (Å²) >= 11 is 0. The molecule has 2 unspecified atom stereocenters. The number of carbonyl (C=O) groups excluding carboxylic acids is 1. The highest BCUT2D eigenvalue weighted by atomic mass is 31.2. The van der Waals surface area contributed by atoms with Gasteiger partial charge in [0.2, 0.25) is 0 Å². The first-order chi connectivity index (χ1) is 11.2. The van der Waals surface area contributed by atoms with Gasteiger partial charge in [0.05, 0.1) is 17.1 Å². The molecule has 1 heterocycles. The van der Waals surface area contributed by atoms with Crippen molar-refractivity contribution < 1.29 is 23.3 Å². The normalized spacial score (nSPS) is 28.2. The summed E-state index contributed by atoms with van der Waals surface area (Å²) in [5.74, 6) is 0.815. The molecule has 0 N–H and O–H groups in total. The van der Waals surface area contributed by atoms with E-state index < -0.39 is 12.5 Å². The van der Waals surface area contributed by atoms with Gasteiger partial charge in [0, 0.05) is 23.5 Å². The molecule has 1 aliphatic rings. The zero-order valence-electron chi connectivity index (χ0n) is 13.8. The SMILES string of the molecule is CC(=O)C(=CP1(=O)OC(C)CCC(C)O1)c1cccc([N+](=O)[O-])c1. The molecular formula is C16H20NO6P. The van der Waals surface area contributed by atoms with Crippen LogP contribution in [0.5, 0.6) is 0 Å². The molecule has 2 atom stereocenters. The van der Waals surface area contributed by atoms with E-state index in [2.05, 4.69) is 0 Å². The Morgan fingerprint density at radius 1 is 1.29 bits per heavy atom. The van der Waals surface area contributed by atoms with Gasteiger partial charge < -0.3 is 9.05 Å². The van der Waals surface area contributed by atoms with Crippen LogP contribution in [0.4, 0.5) is 5.69 Å². The Morgan fingerprint density at radius 2 is 1.88 bits per heavy atom. The number of carbonyl (C=O) groups is 1. The lowest BCUT2D eigenvalue weighted by Gasteiger charge is -2.18. The van der Waals surface area contributed by atoms with Crippen molar-refractivity contribution in [3.8, 4) is 0 Å². The number of hydrogen-bond donors (Lipinski definition) is 0. The summed E-state index contributed by atoms with van der Waals surface area (Å²) in [6, 6.07) is 5.62. The van der Waals surface area contributed by atoms with E-state index in [-0.39, 0.29) is 29.3 Å². The molecule has 0 aliphatic carbocycles. The Hall–Kier alpha value is -1.82. The second kappa shape index (κ2) is 7.38. The third-order valence-electron chi connectivity index (χ3n) is 3.67. The summed E-state index contributed by atoms with van der Waals surface area (Å²) in [6.07, 6.45) is 0.863. The highest BCUT2D eigenvalue weighted by molar-refractivity contribution is 7.57. The Kier molecular flexibility index (Phi) is 5.70. The molecule has 0 amide bonds. The van der Waals surface area contributed by atoms with Crippen LogP contribution in [-0.2, 0) is 18.4 Å². The van der Waals surface area contributed by atoms with Crippen molar-refractivity contribution in [3.63, 3.8) is 0 Å². The zero-order chi connectivity index (χ0) is 17.9. The fraction of sp³-hybridized carbons (Fsp3) is 0.438. The maximum Gasteiger partial charge on any atom is 0.355 e. The Labute approximate surface area is 140 Å². The number of nitro benzene ring substituents is 1. The van der Waals surface area contributed by atoms with Crippen LogP contribution >= 0.6 is 7.60 Å². The third kappa shape index (κ3) is 4.60. The van der Waals surface area contributed by atoms with E-state index in [1.165, 1.54) is 30.9 Å². The van der Waals surface area contributed by atoms with Gasteiger partial charge in [-0.3, -0.25) is 19.5 Å². The fourth-order valence-electron chi connectivity index (χ4n) is 2.48. The van der Waals surface area contributed by atoms with Gasteiger partial charge in [-0.1, -0.05) is 12.1 Å². The highest BCUT2D eigenvalue weighted by Gasteiger charge is 2.32. The fourth-order valence-corrected chi connectivity index (χ4v) is 4.51. The minimum Gasteiger partial charge on any atom is -0.303 e. The molecule has 1 aromatic rings. The Morgan fingerprint density at radius 3 is 2.38 bits per heavy atom. The summed E-state index contributed by atoms with van der Waals surface area (Å²) in [5.41, 5.74) is 0.245. The highest BCUT2D eigenvalue weighted by Crippen LogP contribution is 2.56. The van der Waals surface area contributed by atoms with Crippen molar-refractivity contribution in [2.24, 2.45) is 0 Å². The van der Waals surface area contributed by atoms with E-state index in [0.29, 0.717) is 18.4 Å². The van der Waals surface area contributed by atoms with Crippen molar-refractivity contribution >= 4 is 24.6 Å². The number of non-ortho nitro benzene ring substituents is 1. The summed E-state index contributed by atoms with van der Waals surface area (Å²) in [6.45, 7) is 4.90. The minimum atomic E-state index is -3.64. The molecule has 8 heteroatoms. The van der Waals surface area contributed by atoms with Gasteiger partial charge in [0.25, 0.3) is 5.69 Å². The molecule has 0 bridgehead atoms. The first-order valence-corrected chi connectivity index (χ1v) is 9.26. The average molecular weight is 353 g/mol. The van der Waals surface area contributed by atoms with Gasteiger partial charge >= 0.3 is 7.60 Å². The van der Waals surface area contributed by atoms with E-state index in [1.54, 1.807) is 19.9 Å². The molecule has 1 aromatic carbocycles. The number of nitrogens with zero attached hydrogens (tertiary/aromatic N) is 1. The molecule has 24 heavy (non-hydrogen) atoms. The lowest BCUT2D eigenvalue weighted by atomic mass is 10.0. The number of ketones is 1. The van der Waals surface area contributed by atoms with Crippen LogP contribution < -0.4 is 0 Å². The van der Waals surface area contributed by atoms with Crippen LogP contribution in [0.2, 0.25) is 0 Å². The molecule has 1 aliphatic heterocycles. The van der Waals surface area contributed by atoms with Gasteiger partial charge in [-0.2, -0.15) is 0 Å². The number of nitro groups is 1. The molecule has 0 saturated carbocycles. The van der Waals surface area contributed by atoms with Crippen molar-refractivity contribution in [3.05, 3.63) is 45.8 Å². The molecule has 130 valence electrons. The number of benzene rings is 1. The second-order valence-corrected chi connectivity index (χ2v) is 7.62. The smallest absolute Gasteiger partial charge is 0.303 e. The van der Waals surface area contributed by atoms with E-state index in [4.69, 9.17) is 9.05 Å². The van der Waals surface area contributed by atoms with E-state index in [9.17, 15) is 19.5 Å².